The fraction of sp³-hybridized carbons (Fsp3) is 0.208. The number of carbonyl (C=O) groups excluding carboxylic acids is 1. The quantitative estimate of drug-likeness (QED) is 0.182. The standard InChI is InChI=1S/C24H20F5NO5S/c1-12-9-13(2)23(16(10-12)24(31)35-4)30(36(32,33)15-7-5-14(34-3)6-8-15)11-17-18(25)20(27)22(29)21(28)19(17)26/h5-10H,11H2,1-4H3. The third kappa shape index (κ3) is 4.72. The van der Waals surface area contributed by atoms with E-state index < -0.39 is 62.1 Å². The Labute approximate surface area is 203 Å². The van der Waals surface area contributed by atoms with Gasteiger partial charge in [0.1, 0.15) is 5.75 Å². The summed E-state index contributed by atoms with van der Waals surface area (Å²) in [6, 6.07) is 7.61. The van der Waals surface area contributed by atoms with E-state index >= 15 is 0 Å². The minimum atomic E-state index is -4.75. The van der Waals surface area contributed by atoms with Gasteiger partial charge in [0.05, 0.1) is 42.5 Å². The van der Waals surface area contributed by atoms with E-state index in [1.165, 1.54) is 38.3 Å². The molecular formula is C24H20F5NO5S. The first kappa shape index (κ1) is 26.9. The van der Waals surface area contributed by atoms with Crippen LogP contribution < -0.4 is 9.04 Å². The molecule has 0 aliphatic heterocycles. The van der Waals surface area contributed by atoms with Crippen molar-refractivity contribution in [3.05, 3.63) is 87.7 Å². The van der Waals surface area contributed by atoms with E-state index in [9.17, 15) is 35.2 Å². The van der Waals surface area contributed by atoms with E-state index in [0.717, 1.165) is 19.2 Å². The number of nitrogens with zero attached hydrogens (tertiary/aromatic N) is 1. The molecule has 0 saturated heterocycles. The SMILES string of the molecule is COC(=O)c1cc(C)cc(C)c1N(Cc1c(F)c(F)c(F)c(F)c1F)S(=O)(=O)c1ccc(OC)cc1. The van der Waals surface area contributed by atoms with Gasteiger partial charge in [-0.05, 0) is 55.3 Å². The predicted molar refractivity (Wildman–Crippen MR) is 120 cm³/mol. The summed E-state index contributed by atoms with van der Waals surface area (Å²) in [5, 5.41) is 0. The molecule has 0 bridgehead atoms. The van der Waals surface area contributed by atoms with Gasteiger partial charge >= 0.3 is 5.97 Å². The van der Waals surface area contributed by atoms with E-state index in [1.54, 1.807) is 6.92 Å². The molecule has 0 spiro atoms. The molecule has 3 rings (SSSR count). The summed E-state index contributed by atoms with van der Waals surface area (Å²) in [5.41, 5.74) is -1.37. The molecule has 0 radical (unpaired) electrons. The summed E-state index contributed by atoms with van der Waals surface area (Å²) in [6.45, 7) is 1.70. The molecule has 36 heavy (non-hydrogen) atoms. The van der Waals surface area contributed by atoms with E-state index in [4.69, 9.17) is 9.47 Å². The first-order valence-corrected chi connectivity index (χ1v) is 11.7. The van der Waals surface area contributed by atoms with Gasteiger partial charge < -0.3 is 9.47 Å². The molecule has 192 valence electrons. The number of esters is 1. The van der Waals surface area contributed by atoms with Gasteiger partial charge in [-0.1, -0.05) is 6.07 Å². The molecule has 12 heteroatoms. The summed E-state index contributed by atoms with van der Waals surface area (Å²) >= 11 is 0. The number of aryl methyl sites for hydroxylation is 2. The maximum atomic E-state index is 14.6. The zero-order chi connectivity index (χ0) is 26.9. The van der Waals surface area contributed by atoms with Gasteiger partial charge in [0, 0.05) is 0 Å². The lowest BCUT2D eigenvalue weighted by Gasteiger charge is -2.28. The Balaban J connectivity index is 2.37. The Bertz CT molecular complexity index is 1410. The number of hydrogen-bond donors (Lipinski definition) is 0. The Hall–Kier alpha value is -3.67. The number of benzene rings is 3. The lowest BCUT2D eigenvalue weighted by atomic mass is 10.0. The molecule has 0 N–H and O–H groups in total. The van der Waals surface area contributed by atoms with Crippen LogP contribution in [0, 0.1) is 42.9 Å². The zero-order valence-electron chi connectivity index (χ0n) is 19.5. The second-order valence-corrected chi connectivity index (χ2v) is 9.57. The first-order valence-electron chi connectivity index (χ1n) is 10.2. The number of carbonyl (C=O) groups is 1. The van der Waals surface area contributed by atoms with Gasteiger partial charge in [0.15, 0.2) is 23.3 Å². The van der Waals surface area contributed by atoms with Crippen molar-refractivity contribution >= 4 is 21.7 Å². The monoisotopic (exact) mass is 529 g/mol. The number of methoxy groups -OCH3 is 2. The number of halogens is 5. The highest BCUT2D eigenvalue weighted by molar-refractivity contribution is 7.92. The maximum absolute atomic E-state index is 14.6. The van der Waals surface area contributed by atoms with Crippen molar-refractivity contribution in [2.75, 3.05) is 18.5 Å². The molecule has 0 fully saturated rings. The minimum Gasteiger partial charge on any atom is -0.497 e. The van der Waals surface area contributed by atoms with Crippen molar-refractivity contribution in [2.45, 2.75) is 25.3 Å². The number of hydrogen-bond acceptors (Lipinski definition) is 5. The minimum absolute atomic E-state index is 0.163. The summed E-state index contributed by atoms with van der Waals surface area (Å²) in [7, 11) is -2.37. The smallest absolute Gasteiger partial charge is 0.340 e. The largest absolute Gasteiger partial charge is 0.497 e. The molecule has 6 nitrogen and oxygen atoms in total. The van der Waals surface area contributed by atoms with Crippen LogP contribution in [0.3, 0.4) is 0 Å². The molecule has 0 saturated carbocycles. The van der Waals surface area contributed by atoms with Crippen molar-refractivity contribution in [3.8, 4) is 5.75 Å². The average Bonchev–Trinajstić information content (AvgIpc) is 2.86. The van der Waals surface area contributed by atoms with E-state index in [2.05, 4.69) is 0 Å². The van der Waals surface area contributed by atoms with Crippen molar-refractivity contribution in [3.63, 3.8) is 0 Å². The number of sulfonamides is 1. The number of ether oxygens (including phenoxy) is 2. The summed E-state index contributed by atoms with van der Waals surface area (Å²) in [4.78, 5) is 12.2. The topological polar surface area (TPSA) is 72.9 Å². The van der Waals surface area contributed by atoms with Crippen molar-refractivity contribution in [2.24, 2.45) is 0 Å². The highest BCUT2D eigenvalue weighted by atomic mass is 32.2. The Morgan fingerprint density at radius 3 is 1.89 bits per heavy atom. The Morgan fingerprint density at radius 2 is 1.39 bits per heavy atom. The van der Waals surface area contributed by atoms with E-state index in [-0.39, 0.29) is 16.8 Å². The molecule has 0 atom stereocenters. The predicted octanol–water partition coefficient (Wildman–Crippen LogP) is 5.19. The third-order valence-corrected chi connectivity index (χ3v) is 7.11. The van der Waals surface area contributed by atoms with Crippen molar-refractivity contribution in [1.29, 1.82) is 0 Å². The second-order valence-electron chi connectivity index (χ2n) is 7.71. The fourth-order valence-electron chi connectivity index (χ4n) is 3.65. The fourth-order valence-corrected chi connectivity index (χ4v) is 5.16. The number of rotatable bonds is 7. The molecule has 0 aromatic heterocycles. The molecule has 3 aromatic carbocycles. The maximum Gasteiger partial charge on any atom is 0.340 e. The third-order valence-electron chi connectivity index (χ3n) is 5.35. The normalized spacial score (nSPS) is 11.4. The lowest BCUT2D eigenvalue weighted by Crippen LogP contribution is -2.34. The van der Waals surface area contributed by atoms with Crippen LogP contribution in [-0.4, -0.2) is 28.6 Å². The van der Waals surface area contributed by atoms with E-state index in [0.29, 0.717) is 15.6 Å². The van der Waals surface area contributed by atoms with Crippen LogP contribution in [0.2, 0.25) is 0 Å². The van der Waals surface area contributed by atoms with Gasteiger partial charge in [-0.25, -0.2) is 35.2 Å². The molecule has 0 aliphatic carbocycles. The van der Waals surface area contributed by atoms with Crippen LogP contribution >= 0.6 is 0 Å². The Kier molecular flexibility index (Phi) is 7.58. The molecule has 0 unspecified atom stereocenters. The van der Waals surface area contributed by atoms with Crippen molar-refractivity contribution in [1.82, 2.24) is 0 Å². The highest BCUT2D eigenvalue weighted by Gasteiger charge is 2.34. The zero-order valence-corrected chi connectivity index (χ0v) is 20.3. The van der Waals surface area contributed by atoms with Gasteiger partial charge in [-0.2, -0.15) is 0 Å². The van der Waals surface area contributed by atoms with Crippen LogP contribution in [0.5, 0.6) is 5.75 Å². The first-order chi connectivity index (χ1) is 16.8. The van der Waals surface area contributed by atoms with Gasteiger partial charge in [0.25, 0.3) is 10.0 Å². The van der Waals surface area contributed by atoms with E-state index in [1.807, 2.05) is 0 Å². The van der Waals surface area contributed by atoms with Crippen LogP contribution in [0.1, 0.15) is 27.0 Å². The molecule has 0 heterocycles. The highest BCUT2D eigenvalue weighted by Crippen LogP contribution is 2.35. The molecular weight excluding hydrogens is 509 g/mol. The summed E-state index contributed by atoms with van der Waals surface area (Å²) < 4.78 is 108. The number of anilines is 1. The molecule has 0 aliphatic rings. The van der Waals surface area contributed by atoms with Crippen LogP contribution in [-0.2, 0) is 21.3 Å². The van der Waals surface area contributed by atoms with Gasteiger partial charge in [0.2, 0.25) is 5.82 Å². The summed E-state index contributed by atoms with van der Waals surface area (Å²) in [5.74, 6) is -12.0. The Morgan fingerprint density at radius 1 is 0.861 bits per heavy atom. The average molecular weight is 529 g/mol. The lowest BCUT2D eigenvalue weighted by molar-refractivity contribution is 0.0601. The molecule has 3 aromatic rings. The second kappa shape index (κ2) is 10.1. The van der Waals surface area contributed by atoms with Crippen LogP contribution in [0.15, 0.2) is 41.3 Å². The van der Waals surface area contributed by atoms with Gasteiger partial charge in [-0.3, -0.25) is 4.31 Å². The van der Waals surface area contributed by atoms with Crippen molar-refractivity contribution < 1.29 is 44.6 Å². The summed E-state index contributed by atoms with van der Waals surface area (Å²) in [6.07, 6.45) is 0. The van der Waals surface area contributed by atoms with Crippen LogP contribution in [0.25, 0.3) is 0 Å². The molecule has 0 amide bonds. The van der Waals surface area contributed by atoms with Crippen LogP contribution in [0.4, 0.5) is 27.6 Å². The van der Waals surface area contributed by atoms with Gasteiger partial charge in [-0.15, -0.1) is 0 Å².